The molecule has 41 heavy (non-hydrogen) atoms. The van der Waals surface area contributed by atoms with E-state index in [4.69, 9.17) is 14.2 Å². The average Bonchev–Trinajstić information content (AvgIpc) is 3.46. The predicted molar refractivity (Wildman–Crippen MR) is 152 cm³/mol. The second-order valence-electron chi connectivity index (χ2n) is 9.62. The summed E-state index contributed by atoms with van der Waals surface area (Å²) in [7, 11) is 1.60. The van der Waals surface area contributed by atoms with Crippen molar-refractivity contribution < 1.29 is 19.0 Å². The topological polar surface area (TPSA) is 129 Å². The van der Waals surface area contributed by atoms with Crippen LogP contribution in [-0.4, -0.2) is 66.7 Å². The van der Waals surface area contributed by atoms with E-state index in [0.29, 0.717) is 66.0 Å². The predicted octanol–water partition coefficient (Wildman–Crippen LogP) is 4.48. The van der Waals surface area contributed by atoms with Crippen molar-refractivity contribution in [1.82, 2.24) is 34.4 Å². The number of likely N-dealkylation sites (tertiary alicyclic amines) is 1. The van der Waals surface area contributed by atoms with Crippen molar-refractivity contribution >= 4 is 34.0 Å². The number of carbonyl (C=O) groups excluding carboxylic acids is 1. The van der Waals surface area contributed by atoms with Gasteiger partial charge >= 0.3 is 0 Å². The van der Waals surface area contributed by atoms with Gasteiger partial charge in [-0.15, -0.1) is 10.2 Å². The Hall–Kier alpha value is -5.26. The summed E-state index contributed by atoms with van der Waals surface area (Å²) in [5.74, 6) is 2.85. The fourth-order valence-electron chi connectivity index (χ4n) is 4.78. The number of aromatic nitrogens is 6. The van der Waals surface area contributed by atoms with Crippen molar-refractivity contribution in [3.05, 3.63) is 73.6 Å². The van der Waals surface area contributed by atoms with Gasteiger partial charge in [0.25, 0.3) is 0 Å². The lowest BCUT2D eigenvalue weighted by Gasteiger charge is -2.31. The van der Waals surface area contributed by atoms with Crippen LogP contribution in [0.2, 0.25) is 0 Å². The highest BCUT2D eigenvalue weighted by atomic mass is 16.5. The molecule has 0 radical (unpaired) electrons. The largest absolute Gasteiger partial charge is 0.493 e. The van der Waals surface area contributed by atoms with E-state index in [2.05, 4.69) is 37.0 Å². The normalized spacial score (nSPS) is 13.8. The summed E-state index contributed by atoms with van der Waals surface area (Å²) in [6.45, 7) is 6.77. The number of methoxy groups -OCH3 is 1. The quantitative estimate of drug-likeness (QED) is 0.275. The maximum absolute atomic E-state index is 11.9. The third kappa shape index (κ3) is 5.44. The SMILES string of the molecule is C=CC(=O)N1CCC(Oc2cc3c(Nc4ccc(Oc5cc6nncn6cn5)c(C)c4)ncnc3cc2OC)CC1. The fraction of sp³-hybridized carbons (Fsp3) is 0.241. The molecule has 1 N–H and O–H groups in total. The van der Waals surface area contributed by atoms with Crippen molar-refractivity contribution in [1.29, 1.82) is 0 Å². The number of nitrogens with zero attached hydrogens (tertiary/aromatic N) is 7. The molecule has 1 aliphatic heterocycles. The summed E-state index contributed by atoms with van der Waals surface area (Å²) >= 11 is 0. The van der Waals surface area contributed by atoms with E-state index in [1.165, 1.54) is 12.4 Å². The lowest BCUT2D eigenvalue weighted by Crippen LogP contribution is -2.41. The van der Waals surface area contributed by atoms with Crippen LogP contribution in [0.25, 0.3) is 16.6 Å². The van der Waals surface area contributed by atoms with Crippen molar-refractivity contribution in [2.45, 2.75) is 25.9 Å². The highest BCUT2D eigenvalue weighted by molar-refractivity contribution is 5.93. The Morgan fingerprint density at radius 2 is 1.90 bits per heavy atom. The minimum absolute atomic E-state index is 0.0496. The number of anilines is 2. The smallest absolute Gasteiger partial charge is 0.245 e. The van der Waals surface area contributed by atoms with Gasteiger partial charge in [-0.3, -0.25) is 9.20 Å². The molecule has 1 amide bonds. The van der Waals surface area contributed by atoms with Gasteiger partial charge in [-0.2, -0.15) is 0 Å². The van der Waals surface area contributed by atoms with Gasteiger partial charge in [0.05, 0.1) is 12.6 Å². The van der Waals surface area contributed by atoms with Crippen LogP contribution in [0.1, 0.15) is 18.4 Å². The van der Waals surface area contributed by atoms with Gasteiger partial charge in [0.1, 0.15) is 36.7 Å². The molecule has 12 heteroatoms. The molecule has 2 aromatic carbocycles. The summed E-state index contributed by atoms with van der Waals surface area (Å²) in [5.41, 5.74) is 3.09. The van der Waals surface area contributed by atoms with E-state index >= 15 is 0 Å². The molecule has 1 fully saturated rings. The average molecular weight is 553 g/mol. The number of carbonyl (C=O) groups is 1. The van der Waals surface area contributed by atoms with Gasteiger partial charge in [-0.25, -0.2) is 15.0 Å². The number of nitrogens with one attached hydrogen (secondary N) is 1. The maximum Gasteiger partial charge on any atom is 0.245 e. The van der Waals surface area contributed by atoms with Gasteiger partial charge in [0.15, 0.2) is 17.1 Å². The number of fused-ring (bicyclic) bond motifs is 2. The number of amides is 1. The summed E-state index contributed by atoms with van der Waals surface area (Å²) in [4.78, 5) is 27.0. The summed E-state index contributed by atoms with van der Waals surface area (Å²) in [6.07, 6.45) is 7.42. The van der Waals surface area contributed by atoms with Crippen LogP contribution >= 0.6 is 0 Å². The molecule has 0 saturated carbocycles. The third-order valence-corrected chi connectivity index (χ3v) is 6.96. The molecule has 12 nitrogen and oxygen atoms in total. The van der Waals surface area contributed by atoms with E-state index in [1.54, 1.807) is 35.1 Å². The van der Waals surface area contributed by atoms with E-state index in [-0.39, 0.29) is 12.0 Å². The molecular weight excluding hydrogens is 524 g/mol. The molecule has 0 atom stereocenters. The van der Waals surface area contributed by atoms with Crippen molar-refractivity contribution in [2.75, 3.05) is 25.5 Å². The van der Waals surface area contributed by atoms with E-state index in [0.717, 1.165) is 16.6 Å². The Bertz CT molecular complexity index is 1750. The molecule has 6 rings (SSSR count). The minimum Gasteiger partial charge on any atom is -0.493 e. The van der Waals surface area contributed by atoms with Gasteiger partial charge < -0.3 is 24.4 Å². The first-order chi connectivity index (χ1) is 20.0. The summed E-state index contributed by atoms with van der Waals surface area (Å²) < 4.78 is 19.7. The first-order valence-electron chi connectivity index (χ1n) is 13.1. The molecule has 0 spiro atoms. The third-order valence-electron chi connectivity index (χ3n) is 6.96. The van der Waals surface area contributed by atoms with Crippen LogP contribution in [0, 0.1) is 6.92 Å². The number of hydrogen-bond donors (Lipinski definition) is 1. The van der Waals surface area contributed by atoms with E-state index in [9.17, 15) is 4.79 Å². The van der Waals surface area contributed by atoms with Crippen LogP contribution in [0.3, 0.4) is 0 Å². The van der Waals surface area contributed by atoms with Gasteiger partial charge in [-0.05, 0) is 42.8 Å². The van der Waals surface area contributed by atoms with Crippen molar-refractivity contribution in [3.63, 3.8) is 0 Å². The molecule has 4 heterocycles. The second-order valence-corrected chi connectivity index (χ2v) is 9.62. The zero-order valence-corrected chi connectivity index (χ0v) is 22.6. The van der Waals surface area contributed by atoms with Gasteiger partial charge in [0, 0.05) is 49.1 Å². The number of ether oxygens (including phenoxy) is 3. The number of benzene rings is 2. The molecule has 0 unspecified atom stereocenters. The first kappa shape index (κ1) is 26.0. The zero-order valence-electron chi connectivity index (χ0n) is 22.6. The Morgan fingerprint density at radius 1 is 1.05 bits per heavy atom. The molecule has 1 aliphatic rings. The summed E-state index contributed by atoms with van der Waals surface area (Å²) in [6, 6.07) is 11.2. The summed E-state index contributed by atoms with van der Waals surface area (Å²) in [5, 5.41) is 12.1. The first-order valence-corrected chi connectivity index (χ1v) is 13.1. The number of piperidine rings is 1. The number of aryl methyl sites for hydroxylation is 1. The Morgan fingerprint density at radius 3 is 2.68 bits per heavy atom. The molecule has 1 saturated heterocycles. The van der Waals surface area contributed by atoms with Crippen LogP contribution in [0.5, 0.6) is 23.1 Å². The van der Waals surface area contributed by atoms with Crippen LogP contribution < -0.4 is 19.5 Å². The van der Waals surface area contributed by atoms with Crippen LogP contribution in [0.4, 0.5) is 11.5 Å². The minimum atomic E-state index is -0.0560. The van der Waals surface area contributed by atoms with Crippen LogP contribution in [-0.2, 0) is 4.79 Å². The molecule has 5 aromatic rings. The van der Waals surface area contributed by atoms with Gasteiger partial charge in [0.2, 0.25) is 11.8 Å². The highest BCUT2D eigenvalue weighted by Crippen LogP contribution is 2.37. The molecular formula is C29H28N8O4. The van der Waals surface area contributed by atoms with Crippen molar-refractivity contribution in [3.8, 4) is 23.1 Å². The van der Waals surface area contributed by atoms with E-state index in [1.807, 2.05) is 37.3 Å². The van der Waals surface area contributed by atoms with Crippen molar-refractivity contribution in [2.24, 2.45) is 0 Å². The van der Waals surface area contributed by atoms with Gasteiger partial charge in [-0.1, -0.05) is 6.58 Å². The maximum atomic E-state index is 11.9. The lowest BCUT2D eigenvalue weighted by atomic mass is 10.1. The highest BCUT2D eigenvalue weighted by Gasteiger charge is 2.24. The second kappa shape index (κ2) is 11.1. The monoisotopic (exact) mass is 552 g/mol. The standard InChI is InChI=1S/C29H28N8O4/c1-4-28(38)36-9-7-20(8-10-36)40-25-12-21-22(13-24(25)39-3)30-15-31-29(21)34-19-5-6-23(18(2)11-19)41-27-14-26-35-33-17-37(26)16-32-27/h4-6,11-17,20H,1,7-10H2,2-3H3,(H,30,31,34). The Kier molecular flexibility index (Phi) is 7.02. The molecule has 0 aliphatic carbocycles. The Labute approximate surface area is 235 Å². The molecule has 208 valence electrons. The Balaban J connectivity index is 1.21. The lowest BCUT2D eigenvalue weighted by molar-refractivity contribution is -0.127. The number of rotatable bonds is 8. The van der Waals surface area contributed by atoms with E-state index < -0.39 is 0 Å². The molecule has 0 bridgehead atoms. The zero-order chi connectivity index (χ0) is 28.3. The fourth-order valence-corrected chi connectivity index (χ4v) is 4.78. The number of hydrogen-bond acceptors (Lipinski definition) is 10. The molecule has 3 aromatic heterocycles. The van der Waals surface area contributed by atoms with Crippen LogP contribution in [0.15, 0.2) is 68.0 Å².